The number of urea groups is 1. The average molecular weight is 389 g/mol. The number of rotatable bonds is 5. The van der Waals surface area contributed by atoms with Gasteiger partial charge in [-0.3, -0.25) is 4.79 Å². The molecule has 0 saturated carbocycles. The number of aryl methyl sites for hydroxylation is 1. The zero-order valence-corrected chi connectivity index (χ0v) is 17.2. The number of carbonyl (C=O) groups is 2. The predicted octanol–water partition coefficient (Wildman–Crippen LogP) is 1.63. The van der Waals surface area contributed by atoms with Crippen LogP contribution in [0.4, 0.5) is 4.79 Å². The fraction of sp³-hybridized carbons (Fsp3) is 0.619. The summed E-state index contributed by atoms with van der Waals surface area (Å²) in [5.41, 5.74) is 2.41. The molecule has 0 bridgehead atoms. The van der Waals surface area contributed by atoms with Crippen LogP contribution >= 0.6 is 0 Å². The lowest BCUT2D eigenvalue weighted by molar-refractivity contribution is -0.142. The maximum Gasteiger partial charge on any atom is 0.317 e. The topological polar surface area (TPSA) is 65.1 Å². The van der Waals surface area contributed by atoms with Crippen molar-refractivity contribution in [2.75, 3.05) is 53.4 Å². The van der Waals surface area contributed by atoms with E-state index < -0.39 is 0 Å². The Morgan fingerprint density at radius 1 is 1.14 bits per heavy atom. The molecule has 1 aromatic rings. The summed E-state index contributed by atoms with van der Waals surface area (Å²) >= 11 is 0. The summed E-state index contributed by atoms with van der Waals surface area (Å²) in [6, 6.07) is 8.47. The number of hydrogen-bond acceptors (Lipinski definition) is 4. The minimum Gasteiger partial charge on any atom is -0.368 e. The van der Waals surface area contributed by atoms with Gasteiger partial charge >= 0.3 is 6.03 Å². The van der Waals surface area contributed by atoms with E-state index in [4.69, 9.17) is 4.74 Å². The number of nitrogens with one attached hydrogen (secondary N) is 1. The number of carbonyl (C=O) groups excluding carboxylic acids is 2. The maximum atomic E-state index is 12.6. The Kier molecular flexibility index (Phi) is 6.91. The van der Waals surface area contributed by atoms with Gasteiger partial charge in [0.15, 0.2) is 0 Å². The van der Waals surface area contributed by atoms with Crippen molar-refractivity contribution in [3.05, 3.63) is 35.4 Å². The van der Waals surface area contributed by atoms with E-state index in [1.165, 1.54) is 11.1 Å². The van der Waals surface area contributed by atoms with Gasteiger partial charge in [0.05, 0.1) is 6.04 Å². The summed E-state index contributed by atoms with van der Waals surface area (Å²) in [6.07, 6.45) is 1.48. The summed E-state index contributed by atoms with van der Waals surface area (Å²) in [5, 5.41) is 3.06. The molecule has 7 heteroatoms. The first-order valence-corrected chi connectivity index (χ1v) is 10.1. The maximum absolute atomic E-state index is 12.6. The minimum absolute atomic E-state index is 0.0665. The lowest BCUT2D eigenvalue weighted by Crippen LogP contribution is -2.55. The molecule has 0 radical (unpaired) electrons. The van der Waals surface area contributed by atoms with Crippen LogP contribution in [0.25, 0.3) is 0 Å². The van der Waals surface area contributed by atoms with E-state index in [0.29, 0.717) is 39.3 Å². The Bertz CT molecular complexity index is 663. The van der Waals surface area contributed by atoms with Crippen LogP contribution in [0.2, 0.25) is 0 Å². The van der Waals surface area contributed by atoms with Crippen LogP contribution in [0.5, 0.6) is 0 Å². The number of ether oxygens (including phenoxy) is 1. The summed E-state index contributed by atoms with van der Waals surface area (Å²) in [4.78, 5) is 30.8. The molecule has 2 unspecified atom stereocenters. The van der Waals surface area contributed by atoms with Crippen molar-refractivity contribution in [2.24, 2.45) is 0 Å². The second-order valence-corrected chi connectivity index (χ2v) is 7.89. The number of hydrogen-bond donors (Lipinski definition) is 1. The summed E-state index contributed by atoms with van der Waals surface area (Å²) < 4.78 is 5.49. The molecule has 1 aromatic carbocycles. The van der Waals surface area contributed by atoms with Gasteiger partial charge in [-0.25, -0.2) is 4.79 Å². The van der Waals surface area contributed by atoms with E-state index in [-0.39, 0.29) is 24.1 Å². The van der Waals surface area contributed by atoms with Gasteiger partial charge in [0.2, 0.25) is 0 Å². The lowest BCUT2D eigenvalue weighted by Gasteiger charge is -2.36. The third-order valence-corrected chi connectivity index (χ3v) is 5.62. The highest BCUT2D eigenvalue weighted by Crippen LogP contribution is 2.19. The molecule has 3 rings (SSSR count). The highest BCUT2D eigenvalue weighted by Gasteiger charge is 2.31. The van der Waals surface area contributed by atoms with Crippen molar-refractivity contribution in [2.45, 2.75) is 31.9 Å². The van der Waals surface area contributed by atoms with Gasteiger partial charge in [0, 0.05) is 39.3 Å². The largest absolute Gasteiger partial charge is 0.368 e. The lowest BCUT2D eigenvalue weighted by atomic mass is 10.0. The number of likely N-dealkylation sites (N-methyl/N-ethyl adjacent to an activating group) is 1. The van der Waals surface area contributed by atoms with E-state index in [0.717, 1.165) is 12.8 Å². The first kappa shape index (κ1) is 20.6. The van der Waals surface area contributed by atoms with Gasteiger partial charge in [0.1, 0.15) is 6.10 Å². The van der Waals surface area contributed by atoms with E-state index in [9.17, 15) is 9.59 Å². The Labute approximate surface area is 167 Å². The average Bonchev–Trinajstić information content (AvgIpc) is 3.23. The summed E-state index contributed by atoms with van der Waals surface area (Å²) in [5.74, 6) is 0.0737. The molecule has 7 nitrogen and oxygen atoms in total. The van der Waals surface area contributed by atoms with Crippen LogP contribution in [-0.2, 0) is 9.53 Å². The summed E-state index contributed by atoms with van der Waals surface area (Å²) in [6.45, 7) is 5.54. The molecule has 2 heterocycles. The fourth-order valence-electron chi connectivity index (χ4n) is 3.79. The molecule has 3 amide bonds. The van der Waals surface area contributed by atoms with Crippen LogP contribution in [0, 0.1) is 6.92 Å². The Hall–Kier alpha value is -2.12. The molecule has 0 spiro atoms. The zero-order valence-electron chi connectivity index (χ0n) is 17.2. The van der Waals surface area contributed by atoms with E-state index in [2.05, 4.69) is 41.4 Å². The molecule has 154 valence electrons. The number of nitrogens with zero attached hydrogens (tertiary/aromatic N) is 3. The molecule has 28 heavy (non-hydrogen) atoms. The molecule has 1 N–H and O–H groups in total. The van der Waals surface area contributed by atoms with E-state index >= 15 is 0 Å². The van der Waals surface area contributed by atoms with Crippen molar-refractivity contribution in [1.29, 1.82) is 0 Å². The van der Waals surface area contributed by atoms with Crippen LogP contribution in [0.1, 0.15) is 30.0 Å². The SMILES string of the molecule is Cc1ccc(C(CNC(=O)N2CCN(C(=O)C3CCCO3)CC2)N(C)C)cc1. The molecular weight excluding hydrogens is 356 g/mol. The van der Waals surface area contributed by atoms with Crippen molar-refractivity contribution in [3.63, 3.8) is 0 Å². The molecule has 2 atom stereocenters. The second kappa shape index (κ2) is 9.39. The van der Waals surface area contributed by atoms with Crippen molar-refractivity contribution in [3.8, 4) is 0 Å². The minimum atomic E-state index is -0.282. The standard InChI is InChI=1S/C21H32N4O3/c1-16-6-8-17(9-7-16)18(23(2)3)15-22-21(27)25-12-10-24(11-13-25)20(26)19-5-4-14-28-19/h6-9,18-19H,4-5,10-15H2,1-3H3,(H,22,27). The van der Waals surface area contributed by atoms with Crippen LogP contribution < -0.4 is 5.32 Å². The van der Waals surface area contributed by atoms with Gasteiger partial charge < -0.3 is 24.8 Å². The summed E-state index contributed by atoms with van der Waals surface area (Å²) in [7, 11) is 4.04. The monoisotopic (exact) mass is 388 g/mol. The molecule has 2 aliphatic heterocycles. The predicted molar refractivity (Wildman–Crippen MR) is 108 cm³/mol. The second-order valence-electron chi connectivity index (χ2n) is 7.89. The van der Waals surface area contributed by atoms with E-state index in [1.54, 1.807) is 4.90 Å². The highest BCUT2D eigenvalue weighted by molar-refractivity contribution is 5.81. The Balaban J connectivity index is 1.48. The third kappa shape index (κ3) is 5.02. The van der Waals surface area contributed by atoms with Crippen LogP contribution in [-0.4, -0.2) is 86.2 Å². The Morgan fingerprint density at radius 2 is 1.79 bits per heavy atom. The number of benzene rings is 1. The van der Waals surface area contributed by atoms with Gasteiger partial charge in [-0.1, -0.05) is 29.8 Å². The third-order valence-electron chi connectivity index (χ3n) is 5.62. The number of piperazine rings is 1. The molecule has 2 fully saturated rings. The Morgan fingerprint density at radius 3 is 2.36 bits per heavy atom. The van der Waals surface area contributed by atoms with Gasteiger partial charge in [0.25, 0.3) is 5.91 Å². The zero-order chi connectivity index (χ0) is 20.1. The molecule has 2 aliphatic rings. The molecular formula is C21H32N4O3. The smallest absolute Gasteiger partial charge is 0.317 e. The van der Waals surface area contributed by atoms with Crippen molar-refractivity contribution >= 4 is 11.9 Å². The fourth-order valence-corrected chi connectivity index (χ4v) is 3.79. The first-order chi connectivity index (χ1) is 13.5. The first-order valence-electron chi connectivity index (χ1n) is 10.1. The van der Waals surface area contributed by atoms with Crippen LogP contribution in [0.15, 0.2) is 24.3 Å². The normalized spacial score (nSPS) is 21.1. The van der Waals surface area contributed by atoms with Gasteiger partial charge in [-0.05, 0) is 39.4 Å². The highest BCUT2D eigenvalue weighted by atomic mass is 16.5. The quantitative estimate of drug-likeness (QED) is 0.833. The van der Waals surface area contributed by atoms with Crippen molar-refractivity contribution in [1.82, 2.24) is 20.0 Å². The molecule has 2 saturated heterocycles. The van der Waals surface area contributed by atoms with Gasteiger partial charge in [-0.2, -0.15) is 0 Å². The number of amides is 3. The van der Waals surface area contributed by atoms with Crippen molar-refractivity contribution < 1.29 is 14.3 Å². The van der Waals surface area contributed by atoms with Gasteiger partial charge in [-0.15, -0.1) is 0 Å². The van der Waals surface area contributed by atoms with E-state index in [1.807, 2.05) is 19.0 Å². The molecule has 0 aliphatic carbocycles. The van der Waals surface area contributed by atoms with Crippen LogP contribution in [0.3, 0.4) is 0 Å². The molecule has 0 aromatic heterocycles.